The van der Waals surface area contributed by atoms with Gasteiger partial charge in [-0.15, -0.1) is 11.8 Å². The number of rotatable bonds is 6. The molecule has 2 heterocycles. The van der Waals surface area contributed by atoms with Crippen LogP contribution in [-0.4, -0.2) is 45.3 Å². The molecule has 1 saturated carbocycles. The Morgan fingerprint density at radius 2 is 2.04 bits per heavy atom. The van der Waals surface area contributed by atoms with Crippen LogP contribution in [0.2, 0.25) is 0 Å². The largest absolute Gasteiger partial charge is 0.387 e. The Labute approximate surface area is 165 Å². The minimum atomic E-state index is -0.710. The summed E-state index contributed by atoms with van der Waals surface area (Å²) in [5.74, 6) is 1.36. The van der Waals surface area contributed by atoms with Gasteiger partial charge in [0.05, 0.1) is 17.7 Å². The summed E-state index contributed by atoms with van der Waals surface area (Å²) in [7, 11) is 0. The Hall–Kier alpha value is -1.85. The molecule has 1 aliphatic carbocycles. The first-order valence-corrected chi connectivity index (χ1v) is 10.7. The third-order valence-corrected chi connectivity index (χ3v) is 6.84. The minimum Gasteiger partial charge on any atom is -0.387 e. The number of carbonyl (C=O) groups is 1. The molecule has 1 aromatic heterocycles. The first kappa shape index (κ1) is 18.5. The van der Waals surface area contributed by atoms with Crippen LogP contribution in [0.25, 0.3) is 0 Å². The third kappa shape index (κ3) is 3.90. The fourth-order valence-electron chi connectivity index (χ4n) is 4.03. The molecule has 0 bridgehead atoms. The molecule has 1 amide bonds. The van der Waals surface area contributed by atoms with Gasteiger partial charge in [-0.1, -0.05) is 37.3 Å². The maximum Gasteiger partial charge on any atom is 0.256 e. The van der Waals surface area contributed by atoms with Gasteiger partial charge in [0, 0.05) is 24.4 Å². The molecule has 142 valence electrons. The van der Waals surface area contributed by atoms with E-state index in [-0.39, 0.29) is 11.8 Å². The van der Waals surface area contributed by atoms with Crippen molar-refractivity contribution in [1.29, 1.82) is 0 Å². The number of nitrogens with zero attached hydrogens (tertiary/aromatic N) is 2. The SMILES string of the molecule is CC1CN(C(=O)c2cccnc2SCCc2ccccc2)CC1(O)C1CC1. The zero-order valence-electron chi connectivity index (χ0n) is 15.7. The van der Waals surface area contributed by atoms with Gasteiger partial charge in [0.25, 0.3) is 5.91 Å². The van der Waals surface area contributed by atoms with Gasteiger partial charge in [0.1, 0.15) is 5.03 Å². The van der Waals surface area contributed by atoms with E-state index in [2.05, 4.69) is 24.0 Å². The first-order chi connectivity index (χ1) is 13.1. The van der Waals surface area contributed by atoms with Gasteiger partial charge in [-0.3, -0.25) is 4.79 Å². The molecule has 4 rings (SSSR count). The summed E-state index contributed by atoms with van der Waals surface area (Å²) in [6.07, 6.45) is 4.85. The summed E-state index contributed by atoms with van der Waals surface area (Å²) in [4.78, 5) is 19.4. The molecule has 2 atom stereocenters. The van der Waals surface area contributed by atoms with Crippen LogP contribution in [0.3, 0.4) is 0 Å². The molecule has 1 N–H and O–H groups in total. The van der Waals surface area contributed by atoms with Gasteiger partial charge >= 0.3 is 0 Å². The number of carbonyl (C=O) groups excluding carboxylic acids is 1. The summed E-state index contributed by atoms with van der Waals surface area (Å²) in [5.41, 5.74) is 1.23. The molecular formula is C22H26N2O2S. The topological polar surface area (TPSA) is 53.4 Å². The molecule has 1 saturated heterocycles. The van der Waals surface area contributed by atoms with Crippen LogP contribution in [0.15, 0.2) is 53.7 Å². The van der Waals surface area contributed by atoms with Gasteiger partial charge in [-0.25, -0.2) is 4.98 Å². The Kier molecular flexibility index (Phi) is 5.24. The number of β-amino-alcohol motifs (C(OH)–C–C–N with tert-alkyl or cyclic N) is 1. The Balaban J connectivity index is 1.43. The zero-order chi connectivity index (χ0) is 18.9. The monoisotopic (exact) mass is 382 g/mol. The highest BCUT2D eigenvalue weighted by Gasteiger charge is 2.53. The van der Waals surface area contributed by atoms with Gasteiger partial charge < -0.3 is 10.0 Å². The van der Waals surface area contributed by atoms with E-state index in [0.29, 0.717) is 24.6 Å². The van der Waals surface area contributed by atoms with E-state index < -0.39 is 5.60 Å². The molecule has 2 unspecified atom stereocenters. The average Bonchev–Trinajstić information content (AvgIpc) is 3.49. The predicted molar refractivity (Wildman–Crippen MR) is 108 cm³/mol. The number of hydrogen-bond acceptors (Lipinski definition) is 4. The number of thioether (sulfide) groups is 1. The fraction of sp³-hybridized carbons (Fsp3) is 0.455. The summed E-state index contributed by atoms with van der Waals surface area (Å²) < 4.78 is 0. The van der Waals surface area contributed by atoms with Gasteiger partial charge in [-0.2, -0.15) is 0 Å². The molecular weight excluding hydrogens is 356 g/mol. The zero-order valence-corrected chi connectivity index (χ0v) is 16.5. The van der Waals surface area contributed by atoms with Crippen molar-refractivity contribution in [2.75, 3.05) is 18.8 Å². The number of aryl methyl sites for hydroxylation is 1. The minimum absolute atomic E-state index is 0.00580. The van der Waals surface area contributed by atoms with Gasteiger partial charge in [0.2, 0.25) is 0 Å². The number of aliphatic hydroxyl groups is 1. The summed E-state index contributed by atoms with van der Waals surface area (Å²) in [6, 6.07) is 14.0. The van der Waals surface area contributed by atoms with Gasteiger partial charge in [0.15, 0.2) is 0 Å². The van der Waals surface area contributed by atoms with Gasteiger partial charge in [-0.05, 0) is 42.9 Å². The van der Waals surface area contributed by atoms with E-state index in [1.165, 1.54) is 5.56 Å². The maximum absolute atomic E-state index is 13.1. The van der Waals surface area contributed by atoms with Crippen LogP contribution < -0.4 is 0 Å². The smallest absolute Gasteiger partial charge is 0.256 e. The lowest BCUT2D eigenvalue weighted by Gasteiger charge is -2.26. The third-order valence-electron chi connectivity index (χ3n) is 5.84. The van der Waals surface area contributed by atoms with E-state index in [1.807, 2.05) is 35.2 Å². The van der Waals surface area contributed by atoms with E-state index in [1.54, 1.807) is 18.0 Å². The summed E-state index contributed by atoms with van der Waals surface area (Å²) >= 11 is 1.63. The van der Waals surface area contributed by atoms with Crippen molar-refractivity contribution in [3.8, 4) is 0 Å². The van der Waals surface area contributed by atoms with Crippen LogP contribution in [0.4, 0.5) is 0 Å². The Morgan fingerprint density at radius 3 is 2.78 bits per heavy atom. The van der Waals surface area contributed by atoms with E-state index in [9.17, 15) is 9.90 Å². The Morgan fingerprint density at radius 1 is 1.26 bits per heavy atom. The van der Waals surface area contributed by atoms with E-state index in [4.69, 9.17) is 0 Å². The second kappa shape index (κ2) is 7.64. The van der Waals surface area contributed by atoms with Crippen molar-refractivity contribution >= 4 is 17.7 Å². The molecule has 27 heavy (non-hydrogen) atoms. The molecule has 0 spiro atoms. The van der Waals surface area contributed by atoms with Crippen molar-refractivity contribution in [2.45, 2.75) is 36.8 Å². The van der Waals surface area contributed by atoms with Crippen molar-refractivity contribution in [3.05, 3.63) is 59.8 Å². The van der Waals surface area contributed by atoms with Crippen molar-refractivity contribution in [1.82, 2.24) is 9.88 Å². The number of amides is 1. The van der Waals surface area contributed by atoms with Crippen molar-refractivity contribution < 1.29 is 9.90 Å². The molecule has 4 nitrogen and oxygen atoms in total. The molecule has 2 aliphatic rings. The Bertz CT molecular complexity index is 809. The number of pyridine rings is 1. The van der Waals surface area contributed by atoms with Crippen molar-refractivity contribution in [2.24, 2.45) is 11.8 Å². The molecule has 1 aliphatic heterocycles. The second-order valence-electron chi connectivity index (χ2n) is 7.79. The lowest BCUT2D eigenvalue weighted by atomic mass is 9.88. The number of likely N-dealkylation sites (tertiary alicyclic amines) is 1. The van der Waals surface area contributed by atoms with Crippen LogP contribution in [-0.2, 0) is 6.42 Å². The number of aromatic nitrogens is 1. The van der Waals surface area contributed by atoms with Crippen molar-refractivity contribution in [3.63, 3.8) is 0 Å². The molecule has 0 radical (unpaired) electrons. The highest BCUT2D eigenvalue weighted by Crippen LogP contribution is 2.47. The number of benzene rings is 1. The lowest BCUT2D eigenvalue weighted by Crippen LogP contribution is -2.40. The fourth-order valence-corrected chi connectivity index (χ4v) is 5.01. The molecule has 5 heteroatoms. The van der Waals surface area contributed by atoms with E-state index in [0.717, 1.165) is 30.0 Å². The second-order valence-corrected chi connectivity index (χ2v) is 8.88. The first-order valence-electron chi connectivity index (χ1n) is 9.71. The molecule has 1 aromatic carbocycles. The summed E-state index contributed by atoms with van der Waals surface area (Å²) in [6.45, 7) is 3.12. The van der Waals surface area contributed by atoms with Crippen LogP contribution in [0.5, 0.6) is 0 Å². The predicted octanol–water partition coefficient (Wildman–Crippen LogP) is 3.65. The average molecular weight is 383 g/mol. The number of hydrogen-bond donors (Lipinski definition) is 1. The molecule has 2 fully saturated rings. The maximum atomic E-state index is 13.1. The quantitative estimate of drug-likeness (QED) is 0.775. The normalized spacial score (nSPS) is 25.0. The lowest BCUT2D eigenvalue weighted by molar-refractivity contribution is -0.00366. The standard InChI is InChI=1S/C22H26N2O2S/c1-16-14-24(15-22(16,26)18-9-10-18)21(25)19-8-5-12-23-20(19)27-13-11-17-6-3-2-4-7-17/h2-8,12,16,18,26H,9-11,13-15H2,1H3. The molecule has 2 aromatic rings. The highest BCUT2D eigenvalue weighted by molar-refractivity contribution is 7.99. The summed E-state index contributed by atoms with van der Waals surface area (Å²) in [5, 5.41) is 11.8. The highest BCUT2D eigenvalue weighted by atomic mass is 32.2. The van der Waals surface area contributed by atoms with Crippen LogP contribution in [0, 0.1) is 11.8 Å². The van der Waals surface area contributed by atoms with Crippen LogP contribution >= 0.6 is 11.8 Å². The van der Waals surface area contributed by atoms with E-state index >= 15 is 0 Å². The van der Waals surface area contributed by atoms with Crippen LogP contribution in [0.1, 0.15) is 35.7 Å².